The van der Waals surface area contributed by atoms with Gasteiger partial charge in [-0.3, -0.25) is 10.1 Å². The second kappa shape index (κ2) is 16.6. The van der Waals surface area contributed by atoms with Crippen LogP contribution in [-0.2, 0) is 0 Å². The number of carbonyl (C=O) groups is 2. The molecule has 256 valence electrons. The van der Waals surface area contributed by atoms with Crippen LogP contribution in [0.3, 0.4) is 0 Å². The van der Waals surface area contributed by atoms with E-state index in [1.165, 1.54) is 0 Å². The second-order valence-corrected chi connectivity index (χ2v) is 12.4. The second-order valence-electron chi connectivity index (χ2n) is 11.7. The van der Waals surface area contributed by atoms with Crippen molar-refractivity contribution in [1.29, 1.82) is 0 Å². The van der Waals surface area contributed by atoms with Crippen molar-refractivity contribution >= 4 is 79.8 Å². The molecule has 4 aromatic carbocycles. The summed E-state index contributed by atoms with van der Waals surface area (Å²) in [6.45, 7) is 4.46. The van der Waals surface area contributed by atoms with Gasteiger partial charge in [0, 0.05) is 65.8 Å². The van der Waals surface area contributed by atoms with Crippen LogP contribution in [-0.4, -0.2) is 81.0 Å². The normalized spacial score (nSPS) is 11.1. The number of fused-ring (bicyclic) bond motifs is 2. The molecule has 0 saturated heterocycles. The first-order chi connectivity index (χ1) is 23.7. The third-order valence-corrected chi connectivity index (χ3v) is 8.16. The summed E-state index contributed by atoms with van der Waals surface area (Å²) in [5.41, 5.74) is 5.47. The molecule has 0 atom stereocenters. The van der Waals surface area contributed by atoms with E-state index >= 15 is 0 Å². The fourth-order valence-corrected chi connectivity index (χ4v) is 5.96. The predicted octanol–water partition coefficient (Wildman–Crippen LogP) is 7.63. The number of anilines is 4. The van der Waals surface area contributed by atoms with Crippen molar-refractivity contribution in [2.45, 2.75) is 6.92 Å². The van der Waals surface area contributed by atoms with E-state index in [-0.39, 0.29) is 5.91 Å². The van der Waals surface area contributed by atoms with Crippen LogP contribution in [0.5, 0.6) is 11.5 Å². The van der Waals surface area contributed by atoms with Crippen molar-refractivity contribution in [2.75, 3.05) is 74.7 Å². The molecule has 10 nitrogen and oxygen atoms in total. The largest absolute Gasteiger partial charge is 0.494 e. The number of benzene rings is 4. The number of carbonyl (C=O) groups excluding carboxylic acids is 2. The highest BCUT2D eigenvalue weighted by atomic mass is 35.5. The van der Waals surface area contributed by atoms with Gasteiger partial charge in [-0.15, -0.1) is 23.2 Å². The van der Waals surface area contributed by atoms with Crippen LogP contribution in [0.15, 0.2) is 78.9 Å². The highest BCUT2D eigenvalue weighted by molar-refractivity contribution is 6.19. The zero-order valence-electron chi connectivity index (χ0n) is 28.0. The summed E-state index contributed by atoms with van der Waals surface area (Å²) in [4.78, 5) is 35.3. The lowest BCUT2D eigenvalue weighted by Crippen LogP contribution is -2.31. The average Bonchev–Trinajstić information content (AvgIpc) is 3.07. The maximum atomic E-state index is 13.3. The molecule has 49 heavy (non-hydrogen) atoms. The molecular formula is C37H40Cl2N6O4. The van der Waals surface area contributed by atoms with Gasteiger partial charge in [0.05, 0.1) is 23.9 Å². The van der Waals surface area contributed by atoms with E-state index in [1.54, 1.807) is 25.3 Å². The van der Waals surface area contributed by atoms with Gasteiger partial charge in [0.1, 0.15) is 17.0 Å². The Bertz CT molecular complexity index is 1930. The molecule has 5 aromatic rings. The molecule has 0 aliphatic rings. The Hall–Kier alpha value is -4.77. The number of ether oxygens (including phenoxy) is 2. The van der Waals surface area contributed by atoms with Crippen LogP contribution in [0.25, 0.3) is 21.8 Å². The summed E-state index contributed by atoms with van der Waals surface area (Å²) in [5.74, 6) is 1.72. The number of aromatic nitrogens is 1. The Morgan fingerprint density at radius 3 is 2.18 bits per heavy atom. The number of halogens is 2. The highest BCUT2D eigenvalue weighted by Crippen LogP contribution is 2.38. The third kappa shape index (κ3) is 8.83. The van der Waals surface area contributed by atoms with Crippen LogP contribution in [0.4, 0.5) is 27.5 Å². The number of nitrogens with one attached hydrogen (secondary N) is 3. The molecule has 0 saturated carbocycles. The molecule has 3 N–H and O–H groups in total. The summed E-state index contributed by atoms with van der Waals surface area (Å²) >= 11 is 11.9. The van der Waals surface area contributed by atoms with Gasteiger partial charge in [0.15, 0.2) is 0 Å². The number of rotatable bonds is 14. The summed E-state index contributed by atoms with van der Waals surface area (Å²) in [7, 11) is 5.51. The van der Waals surface area contributed by atoms with Crippen molar-refractivity contribution in [3.05, 3.63) is 90.0 Å². The molecule has 0 spiro atoms. The number of para-hydroxylation sites is 2. The Morgan fingerprint density at radius 2 is 1.51 bits per heavy atom. The van der Waals surface area contributed by atoms with E-state index in [4.69, 9.17) is 37.7 Å². The summed E-state index contributed by atoms with van der Waals surface area (Å²) in [6.07, 6.45) is -0.628. The minimum atomic E-state index is -0.628. The monoisotopic (exact) mass is 702 g/mol. The molecule has 0 aliphatic heterocycles. The Morgan fingerprint density at radius 1 is 0.837 bits per heavy atom. The molecule has 0 bridgehead atoms. The predicted molar refractivity (Wildman–Crippen MR) is 201 cm³/mol. The van der Waals surface area contributed by atoms with Crippen molar-refractivity contribution in [2.24, 2.45) is 0 Å². The lowest BCUT2D eigenvalue weighted by Gasteiger charge is -2.22. The average molecular weight is 704 g/mol. The van der Waals surface area contributed by atoms with Gasteiger partial charge in [-0.25, -0.2) is 9.78 Å². The Labute approximate surface area is 296 Å². The zero-order valence-corrected chi connectivity index (χ0v) is 29.5. The van der Waals surface area contributed by atoms with Gasteiger partial charge in [-0.1, -0.05) is 24.3 Å². The highest BCUT2D eigenvalue weighted by Gasteiger charge is 2.19. The summed E-state index contributed by atoms with van der Waals surface area (Å²) < 4.78 is 11.3. The molecule has 0 radical (unpaired) electrons. The minimum Gasteiger partial charge on any atom is -0.494 e. The van der Waals surface area contributed by atoms with E-state index in [9.17, 15) is 9.59 Å². The smallest absolute Gasteiger partial charge is 0.417 e. The van der Waals surface area contributed by atoms with Gasteiger partial charge >= 0.3 is 6.09 Å². The maximum Gasteiger partial charge on any atom is 0.417 e. The fourth-order valence-electron chi connectivity index (χ4n) is 5.55. The molecule has 1 aromatic heterocycles. The fraction of sp³-hybridized carbons (Fsp3) is 0.270. The van der Waals surface area contributed by atoms with E-state index in [0.29, 0.717) is 71.7 Å². The topological polar surface area (TPSA) is 108 Å². The van der Waals surface area contributed by atoms with Crippen LogP contribution in [0.2, 0.25) is 0 Å². The molecule has 12 heteroatoms. The minimum absolute atomic E-state index is 0.210. The van der Waals surface area contributed by atoms with Crippen LogP contribution in [0.1, 0.15) is 15.9 Å². The number of hydrogen-bond acceptors (Lipinski definition) is 8. The molecule has 2 amide bonds. The maximum absolute atomic E-state index is 13.3. The number of amides is 2. The number of nitrogens with zero attached hydrogens (tertiary/aromatic N) is 3. The first-order valence-corrected chi connectivity index (χ1v) is 16.9. The SMILES string of the molecule is COc1cccc2c(Nc3cc(C)cc(NC(=O)Oc4ccc(N(CCCl)CCCl)cc4)c3)c3cccc(C(=O)NCCN(C)C)c3nc12. The van der Waals surface area contributed by atoms with E-state index < -0.39 is 6.09 Å². The number of alkyl halides is 2. The summed E-state index contributed by atoms with van der Waals surface area (Å²) in [6, 6.07) is 24.1. The molecule has 0 aliphatic carbocycles. The van der Waals surface area contributed by atoms with E-state index in [1.807, 2.05) is 86.6 Å². The van der Waals surface area contributed by atoms with Crippen LogP contribution < -0.4 is 30.3 Å². The van der Waals surface area contributed by atoms with Gasteiger partial charge in [0.25, 0.3) is 5.91 Å². The number of aryl methyl sites for hydroxylation is 1. The zero-order chi connectivity index (χ0) is 34.9. The Kier molecular flexibility index (Phi) is 12.0. The third-order valence-electron chi connectivity index (χ3n) is 7.82. The van der Waals surface area contributed by atoms with Crippen LogP contribution >= 0.6 is 23.2 Å². The van der Waals surface area contributed by atoms with Crippen molar-refractivity contribution in [3.63, 3.8) is 0 Å². The van der Waals surface area contributed by atoms with Gasteiger partial charge in [0.2, 0.25) is 0 Å². The molecule has 1 heterocycles. The molecular weight excluding hydrogens is 663 g/mol. The molecule has 5 rings (SSSR count). The van der Waals surface area contributed by atoms with Crippen molar-refractivity contribution in [3.8, 4) is 11.5 Å². The quantitative estimate of drug-likeness (QED) is 0.0801. The lowest BCUT2D eigenvalue weighted by atomic mass is 10.0. The van der Waals surface area contributed by atoms with Crippen LogP contribution in [0, 0.1) is 6.92 Å². The standard InChI is InChI=1S/C37H40Cl2N6O4/c1-24-21-25(23-26(22-24)42-37(47)49-28-13-11-27(12-14-28)45(18-15-38)19-16-39)41-33-29-7-5-9-31(36(46)40-17-20-44(2)3)34(29)43-35-30(33)8-6-10-32(35)48-4/h5-14,21-23H,15-20H2,1-4H3,(H,40,46)(H,41,43)(H,42,47). The van der Waals surface area contributed by atoms with E-state index in [0.717, 1.165) is 33.4 Å². The number of likely N-dealkylation sites (N-methyl/N-ethyl adjacent to an activating group) is 1. The van der Waals surface area contributed by atoms with Gasteiger partial charge in [-0.05, 0) is 81.2 Å². The Balaban J connectivity index is 1.43. The van der Waals surface area contributed by atoms with E-state index in [2.05, 4.69) is 20.9 Å². The van der Waals surface area contributed by atoms with Crippen molar-refractivity contribution < 1.29 is 19.1 Å². The first kappa shape index (κ1) is 35.5. The first-order valence-electron chi connectivity index (χ1n) is 15.9. The molecule has 0 unspecified atom stereocenters. The number of pyridine rings is 1. The number of methoxy groups -OCH3 is 1. The van der Waals surface area contributed by atoms with Gasteiger partial charge in [-0.2, -0.15) is 0 Å². The summed E-state index contributed by atoms with van der Waals surface area (Å²) in [5, 5.41) is 11.0. The van der Waals surface area contributed by atoms with Crippen molar-refractivity contribution in [1.82, 2.24) is 15.2 Å². The van der Waals surface area contributed by atoms with Gasteiger partial charge < -0.3 is 29.9 Å². The lowest BCUT2D eigenvalue weighted by molar-refractivity contribution is 0.0952. The molecule has 0 fully saturated rings. The number of hydrogen-bond donors (Lipinski definition) is 3.